The summed E-state index contributed by atoms with van der Waals surface area (Å²) in [7, 11) is 0. The predicted octanol–water partition coefficient (Wildman–Crippen LogP) is 15.9. The van der Waals surface area contributed by atoms with Crippen molar-refractivity contribution in [2.24, 2.45) is 0 Å². The third-order valence-electron chi connectivity index (χ3n) is 14.1. The Kier molecular flexibility index (Phi) is 38.8. The van der Waals surface area contributed by atoms with Crippen LogP contribution in [0.2, 0.25) is 0 Å². The van der Waals surface area contributed by atoms with Gasteiger partial charge in [-0.1, -0.05) is 195 Å². The Morgan fingerprint density at radius 1 is 0.381 bits per heavy atom. The van der Waals surface area contributed by atoms with Crippen LogP contribution < -0.4 is 0 Å². The number of esters is 2. The van der Waals surface area contributed by atoms with Crippen molar-refractivity contribution in [2.75, 3.05) is 39.3 Å². The van der Waals surface area contributed by atoms with E-state index in [1.54, 1.807) is 0 Å². The number of nitrogens with zero attached hydrogens (tertiary/aromatic N) is 2. The molecule has 2 fully saturated rings. The smallest absolute Gasteiger partial charge is 0.306 e. The fourth-order valence-corrected chi connectivity index (χ4v) is 10.1. The molecule has 0 radical (unpaired) electrons. The third-order valence-corrected chi connectivity index (χ3v) is 14.1. The predicted molar refractivity (Wildman–Crippen MR) is 269 cm³/mol. The van der Waals surface area contributed by atoms with Gasteiger partial charge >= 0.3 is 11.9 Å². The van der Waals surface area contributed by atoms with Gasteiger partial charge in [0.2, 0.25) is 0 Å². The molecule has 2 aliphatic rings. The minimum atomic E-state index is 0.0423. The van der Waals surface area contributed by atoms with Crippen LogP contribution in [0.4, 0.5) is 0 Å². The quantitative estimate of drug-likeness (QED) is 0.0445. The van der Waals surface area contributed by atoms with Gasteiger partial charge in [-0.3, -0.25) is 19.4 Å². The van der Waals surface area contributed by atoms with Crippen LogP contribution in [0.5, 0.6) is 0 Å². The zero-order valence-corrected chi connectivity index (χ0v) is 42.8. The maximum absolute atomic E-state index is 12.8. The average Bonchev–Trinajstić information content (AvgIpc) is 3.27. The van der Waals surface area contributed by atoms with Crippen LogP contribution in [-0.4, -0.2) is 85.4 Å². The number of ether oxygens (including phenoxy) is 3. The van der Waals surface area contributed by atoms with Gasteiger partial charge in [-0.25, -0.2) is 0 Å². The van der Waals surface area contributed by atoms with Crippen LogP contribution in [0, 0.1) is 0 Å². The summed E-state index contributed by atoms with van der Waals surface area (Å²) in [5, 5.41) is 0. The second kappa shape index (κ2) is 42.2. The van der Waals surface area contributed by atoms with Gasteiger partial charge in [0.05, 0.1) is 12.2 Å². The molecule has 0 aromatic heterocycles. The lowest BCUT2D eigenvalue weighted by Crippen LogP contribution is -2.59. The molecule has 63 heavy (non-hydrogen) atoms. The summed E-state index contributed by atoms with van der Waals surface area (Å²) in [6.45, 7) is 15.7. The van der Waals surface area contributed by atoms with Gasteiger partial charge in [0.1, 0.15) is 12.2 Å². The monoisotopic (exact) mass is 889 g/mol. The Balaban J connectivity index is 1.51. The summed E-state index contributed by atoms with van der Waals surface area (Å²) in [4.78, 5) is 30.9. The van der Waals surface area contributed by atoms with E-state index in [4.69, 9.17) is 14.2 Å². The van der Waals surface area contributed by atoms with Crippen LogP contribution in [0.3, 0.4) is 0 Å². The number of carbonyl (C=O) groups is 2. The molecule has 0 unspecified atom stereocenters. The Hall–Kier alpha value is -1.18. The minimum absolute atomic E-state index is 0.0423. The van der Waals surface area contributed by atoms with E-state index in [1.807, 2.05) is 0 Å². The number of morpholine rings is 2. The van der Waals surface area contributed by atoms with Crippen molar-refractivity contribution in [3.8, 4) is 0 Å². The van der Waals surface area contributed by atoms with E-state index < -0.39 is 0 Å². The van der Waals surface area contributed by atoms with Gasteiger partial charge in [0, 0.05) is 39.0 Å². The van der Waals surface area contributed by atoms with E-state index in [1.165, 1.54) is 206 Å². The molecule has 7 heteroatoms. The lowest BCUT2D eigenvalue weighted by Gasteiger charge is -2.46. The number of hydrogen-bond acceptors (Lipinski definition) is 7. The summed E-state index contributed by atoms with van der Waals surface area (Å²) >= 11 is 0. The zero-order valence-electron chi connectivity index (χ0n) is 42.8. The van der Waals surface area contributed by atoms with Crippen LogP contribution in [0.25, 0.3) is 0 Å². The molecule has 0 N–H and O–H groups in total. The Morgan fingerprint density at radius 3 is 0.937 bits per heavy atom. The average molecular weight is 889 g/mol. The first-order valence-electron chi connectivity index (χ1n) is 28.5. The molecular formula is C56H108N2O5. The van der Waals surface area contributed by atoms with E-state index >= 15 is 0 Å². The van der Waals surface area contributed by atoms with Crippen molar-refractivity contribution in [3.63, 3.8) is 0 Å². The Labute approximate surface area is 392 Å². The normalized spacial score (nSPS) is 17.0. The van der Waals surface area contributed by atoms with E-state index in [9.17, 15) is 9.59 Å². The van der Waals surface area contributed by atoms with Gasteiger partial charge in [0.25, 0.3) is 0 Å². The topological polar surface area (TPSA) is 68.3 Å². The molecule has 0 aliphatic carbocycles. The highest BCUT2D eigenvalue weighted by Gasteiger charge is 2.34. The van der Waals surface area contributed by atoms with E-state index in [2.05, 4.69) is 37.5 Å². The van der Waals surface area contributed by atoms with Crippen molar-refractivity contribution in [2.45, 2.75) is 309 Å². The molecule has 0 spiro atoms. The summed E-state index contributed by atoms with van der Waals surface area (Å²) < 4.78 is 18.5. The maximum atomic E-state index is 12.8. The molecule has 2 aliphatic heterocycles. The van der Waals surface area contributed by atoms with Gasteiger partial charge < -0.3 is 14.2 Å². The molecule has 2 bridgehead atoms. The number of rotatable bonds is 46. The van der Waals surface area contributed by atoms with Crippen LogP contribution >= 0.6 is 0 Å². The van der Waals surface area contributed by atoms with Gasteiger partial charge in [0.15, 0.2) is 0 Å². The van der Waals surface area contributed by atoms with Crippen molar-refractivity contribution < 1.29 is 23.8 Å². The van der Waals surface area contributed by atoms with Crippen molar-refractivity contribution >= 4 is 11.9 Å². The molecule has 372 valence electrons. The first kappa shape index (κ1) is 57.9. The molecule has 7 nitrogen and oxygen atoms in total. The van der Waals surface area contributed by atoms with Crippen molar-refractivity contribution in [1.82, 2.24) is 9.80 Å². The molecule has 0 amide bonds. The first-order valence-corrected chi connectivity index (χ1v) is 28.5. The molecule has 0 saturated carbocycles. The highest BCUT2D eigenvalue weighted by atomic mass is 16.5. The molecular weight excluding hydrogens is 781 g/mol. The number of unbranched alkanes of at least 4 members (excludes halogenated alkanes) is 28. The van der Waals surface area contributed by atoms with Gasteiger partial charge in [-0.15, -0.1) is 0 Å². The highest BCUT2D eigenvalue weighted by molar-refractivity contribution is 5.69. The summed E-state index contributed by atoms with van der Waals surface area (Å²) in [5.74, 6) is 0.0845. The number of carbonyl (C=O) groups excluding carboxylic acids is 2. The van der Waals surface area contributed by atoms with E-state index in [0.717, 1.165) is 77.5 Å². The van der Waals surface area contributed by atoms with Gasteiger partial charge in [-0.05, 0) is 90.1 Å². The molecule has 2 saturated heterocycles. The molecule has 0 aromatic carbocycles. The van der Waals surface area contributed by atoms with Gasteiger partial charge in [-0.2, -0.15) is 0 Å². The van der Waals surface area contributed by atoms with Crippen LogP contribution in [0.1, 0.15) is 285 Å². The largest absolute Gasteiger partial charge is 0.462 e. The SMILES string of the molecule is CCCCCCCCC(CCCCCCCC)OC(=O)CCCCCCCN1CC2CN(CCCCCCCC(=O)OC(CCCCCCCC)CCCCCCCC)CC(C1)O2. The minimum Gasteiger partial charge on any atom is -0.462 e. The zero-order chi connectivity index (χ0) is 45.3. The third kappa shape index (κ3) is 33.9. The van der Waals surface area contributed by atoms with Crippen LogP contribution in [-0.2, 0) is 23.8 Å². The summed E-state index contributed by atoms with van der Waals surface area (Å²) in [6, 6.07) is 0. The standard InChI is InChI=1S/C56H108N2O5/c1-5-9-13-17-23-31-39-51(40-32-24-18-14-10-6-2)62-55(59)43-35-27-21-29-37-45-57-47-53-49-58(50-54(48-57)61-53)46-38-30-22-28-36-44-56(60)63-52(41-33-25-19-15-11-7-3)42-34-26-20-16-12-8-4/h51-54H,5-50H2,1-4H3. The fourth-order valence-electron chi connectivity index (χ4n) is 10.1. The number of hydrogen-bond donors (Lipinski definition) is 0. The molecule has 0 atom stereocenters. The van der Waals surface area contributed by atoms with Crippen LogP contribution in [0.15, 0.2) is 0 Å². The second-order valence-corrected chi connectivity index (χ2v) is 20.4. The lowest BCUT2D eigenvalue weighted by atomic mass is 10.0. The molecule has 2 rings (SSSR count). The second-order valence-electron chi connectivity index (χ2n) is 20.4. The number of fused-ring (bicyclic) bond motifs is 2. The van der Waals surface area contributed by atoms with Crippen molar-refractivity contribution in [1.29, 1.82) is 0 Å². The Morgan fingerprint density at radius 2 is 0.635 bits per heavy atom. The molecule has 0 aromatic rings. The first-order chi connectivity index (χ1) is 31.0. The van der Waals surface area contributed by atoms with E-state index in [-0.39, 0.29) is 24.1 Å². The van der Waals surface area contributed by atoms with Crippen molar-refractivity contribution in [3.05, 3.63) is 0 Å². The fraction of sp³-hybridized carbons (Fsp3) is 0.964. The Bertz CT molecular complexity index is 904. The van der Waals surface area contributed by atoms with E-state index in [0.29, 0.717) is 25.0 Å². The highest BCUT2D eigenvalue weighted by Crippen LogP contribution is 2.23. The maximum Gasteiger partial charge on any atom is 0.306 e. The molecule has 2 heterocycles. The summed E-state index contributed by atoms with van der Waals surface area (Å²) in [6.07, 6.45) is 48.9. The summed E-state index contributed by atoms with van der Waals surface area (Å²) in [5.41, 5.74) is 0. The lowest BCUT2D eigenvalue weighted by molar-refractivity contribution is -0.151.